The fourth-order valence-corrected chi connectivity index (χ4v) is 5.30. The van der Waals surface area contributed by atoms with Gasteiger partial charge in [0.1, 0.15) is 0 Å². The Kier molecular flexibility index (Phi) is 4.51. The summed E-state index contributed by atoms with van der Waals surface area (Å²) in [7, 11) is 1.78. The topological polar surface area (TPSA) is 82.8 Å². The molecule has 4 aromatic rings. The summed E-state index contributed by atoms with van der Waals surface area (Å²) in [5.41, 5.74) is 6.98. The van der Waals surface area contributed by atoms with Gasteiger partial charge < -0.3 is 4.90 Å². The molecule has 0 radical (unpaired) electrons. The zero-order valence-corrected chi connectivity index (χ0v) is 18.6. The molecule has 6 rings (SSSR count). The molecule has 0 saturated carbocycles. The molecule has 33 heavy (non-hydrogen) atoms. The van der Waals surface area contributed by atoms with Crippen molar-refractivity contribution in [2.75, 3.05) is 17.5 Å². The van der Waals surface area contributed by atoms with E-state index in [2.05, 4.69) is 27.6 Å². The van der Waals surface area contributed by atoms with Gasteiger partial charge in [-0.15, -0.1) is 11.3 Å². The van der Waals surface area contributed by atoms with E-state index >= 15 is 0 Å². The number of fused-ring (bicyclic) bond motifs is 2. The molecule has 0 aliphatic carbocycles. The van der Waals surface area contributed by atoms with Crippen LogP contribution in [0.25, 0.3) is 10.2 Å². The van der Waals surface area contributed by atoms with E-state index < -0.39 is 5.69 Å². The van der Waals surface area contributed by atoms with Crippen molar-refractivity contribution in [3.05, 3.63) is 87.2 Å². The van der Waals surface area contributed by atoms with Crippen molar-refractivity contribution in [2.24, 2.45) is 5.10 Å². The number of nitrogens with one attached hydrogen (secondary N) is 1. The second kappa shape index (κ2) is 7.56. The first-order chi connectivity index (χ1) is 16.1. The lowest BCUT2D eigenvalue weighted by Crippen LogP contribution is -2.31. The summed E-state index contributed by atoms with van der Waals surface area (Å²) in [5, 5.41) is 8.34. The van der Waals surface area contributed by atoms with Crippen LogP contribution in [-0.2, 0) is 6.54 Å². The molecular formula is C24H20N6O2S. The Balaban J connectivity index is 1.39. The molecule has 2 aromatic carbocycles. The highest BCUT2D eigenvalue weighted by Gasteiger charge is 2.28. The second-order valence-electron chi connectivity index (χ2n) is 8.14. The number of benzene rings is 2. The summed E-state index contributed by atoms with van der Waals surface area (Å²) < 4.78 is 2.33. The highest BCUT2D eigenvalue weighted by Crippen LogP contribution is 2.37. The normalized spacial score (nSPS) is 17.2. The Morgan fingerprint density at radius 3 is 2.79 bits per heavy atom. The van der Waals surface area contributed by atoms with Gasteiger partial charge in [-0.25, -0.2) is 14.5 Å². The van der Waals surface area contributed by atoms with Crippen LogP contribution in [0.3, 0.4) is 0 Å². The molecule has 8 nitrogen and oxygen atoms in total. The maximum Gasteiger partial charge on any atom is 0.369 e. The van der Waals surface area contributed by atoms with Crippen LogP contribution in [0.1, 0.15) is 33.9 Å². The van der Waals surface area contributed by atoms with Crippen LogP contribution in [0.15, 0.2) is 69.9 Å². The average Bonchev–Trinajstić information content (AvgIpc) is 3.56. The molecule has 0 fully saturated rings. The highest BCUT2D eigenvalue weighted by atomic mass is 32.1. The van der Waals surface area contributed by atoms with Crippen LogP contribution in [0.5, 0.6) is 0 Å². The van der Waals surface area contributed by atoms with Gasteiger partial charge in [0.25, 0.3) is 5.91 Å². The van der Waals surface area contributed by atoms with Crippen molar-refractivity contribution in [2.45, 2.75) is 19.0 Å². The molecule has 2 aromatic heterocycles. The number of hydrazone groups is 1. The standard InChI is InChI=1S/C24H20N6O2S/c1-28-14-16-13-17(7-8-18(16)23(28)31)27-30-20-10-12-33-21(20)22(26-24(30)32)29-19(9-11-25-29)15-5-3-2-4-6-15/h2-8,10-13,19,27H,9,14H2,1H3. The zero-order valence-electron chi connectivity index (χ0n) is 17.8. The number of amides is 1. The van der Waals surface area contributed by atoms with Gasteiger partial charge in [0, 0.05) is 31.8 Å². The minimum atomic E-state index is -0.418. The Morgan fingerprint density at radius 2 is 1.94 bits per heavy atom. The number of carbonyl (C=O) groups excluding carboxylic acids is 1. The largest absolute Gasteiger partial charge is 0.369 e. The van der Waals surface area contributed by atoms with Crippen LogP contribution in [-0.4, -0.2) is 33.7 Å². The van der Waals surface area contributed by atoms with E-state index in [1.807, 2.05) is 53.0 Å². The van der Waals surface area contributed by atoms with Gasteiger partial charge in [-0.1, -0.05) is 30.3 Å². The summed E-state index contributed by atoms with van der Waals surface area (Å²) >= 11 is 1.52. The Bertz CT molecular complexity index is 1480. The first kappa shape index (κ1) is 19.7. The van der Waals surface area contributed by atoms with Crippen LogP contribution in [0.4, 0.5) is 11.5 Å². The molecule has 0 saturated heterocycles. The summed E-state index contributed by atoms with van der Waals surface area (Å²) in [4.78, 5) is 31.4. The number of thiophene rings is 1. The lowest BCUT2D eigenvalue weighted by molar-refractivity contribution is 0.0816. The molecule has 9 heteroatoms. The Morgan fingerprint density at radius 1 is 1.09 bits per heavy atom. The lowest BCUT2D eigenvalue weighted by Gasteiger charge is -2.24. The maximum atomic E-state index is 13.1. The third-order valence-electron chi connectivity index (χ3n) is 6.04. The number of hydrogen-bond acceptors (Lipinski definition) is 7. The van der Waals surface area contributed by atoms with E-state index in [0.29, 0.717) is 17.9 Å². The predicted molar refractivity (Wildman–Crippen MR) is 130 cm³/mol. The molecule has 0 spiro atoms. The number of anilines is 2. The highest BCUT2D eigenvalue weighted by molar-refractivity contribution is 7.17. The number of carbonyl (C=O) groups is 1. The minimum Gasteiger partial charge on any atom is -0.337 e. The van der Waals surface area contributed by atoms with Gasteiger partial charge in [-0.2, -0.15) is 10.1 Å². The van der Waals surface area contributed by atoms with Gasteiger partial charge in [0.2, 0.25) is 0 Å². The molecule has 1 unspecified atom stereocenters. The first-order valence-corrected chi connectivity index (χ1v) is 11.5. The Hall–Kier alpha value is -3.98. The molecule has 164 valence electrons. The summed E-state index contributed by atoms with van der Waals surface area (Å²) in [6, 6.07) is 17.5. The lowest BCUT2D eigenvalue weighted by atomic mass is 10.0. The number of rotatable bonds is 4. The van der Waals surface area contributed by atoms with Gasteiger partial charge in [-0.3, -0.25) is 10.2 Å². The monoisotopic (exact) mass is 456 g/mol. The summed E-state index contributed by atoms with van der Waals surface area (Å²) in [6.07, 6.45) is 2.62. The molecular weight excluding hydrogens is 436 g/mol. The van der Waals surface area contributed by atoms with Gasteiger partial charge in [0.15, 0.2) is 5.82 Å². The fraction of sp³-hybridized carbons (Fsp3) is 0.167. The van der Waals surface area contributed by atoms with Crippen LogP contribution < -0.4 is 16.1 Å². The number of nitrogens with zero attached hydrogens (tertiary/aromatic N) is 5. The zero-order chi connectivity index (χ0) is 22.5. The molecule has 2 aliphatic heterocycles. The molecule has 2 aliphatic rings. The van der Waals surface area contributed by atoms with Crippen LogP contribution >= 0.6 is 11.3 Å². The van der Waals surface area contributed by atoms with Crippen LogP contribution in [0.2, 0.25) is 0 Å². The Labute approximate surface area is 193 Å². The van der Waals surface area contributed by atoms with Crippen molar-refractivity contribution in [1.82, 2.24) is 14.6 Å². The van der Waals surface area contributed by atoms with E-state index in [-0.39, 0.29) is 11.9 Å². The van der Waals surface area contributed by atoms with Gasteiger partial charge in [-0.05, 0) is 40.8 Å². The fourth-order valence-electron chi connectivity index (χ4n) is 4.44. The van der Waals surface area contributed by atoms with Gasteiger partial charge >= 0.3 is 5.69 Å². The molecule has 0 bridgehead atoms. The van der Waals surface area contributed by atoms with Crippen molar-refractivity contribution < 1.29 is 4.79 Å². The molecule has 1 atom stereocenters. The average molecular weight is 457 g/mol. The van der Waals surface area contributed by atoms with E-state index in [1.54, 1.807) is 18.0 Å². The van der Waals surface area contributed by atoms with E-state index in [0.717, 1.165) is 33.5 Å². The third-order valence-corrected chi connectivity index (χ3v) is 6.94. The predicted octanol–water partition coefficient (Wildman–Crippen LogP) is 3.86. The number of hydrogen-bond donors (Lipinski definition) is 1. The minimum absolute atomic E-state index is 0.00144. The quantitative estimate of drug-likeness (QED) is 0.504. The van der Waals surface area contributed by atoms with Gasteiger partial charge in [0.05, 0.1) is 21.9 Å². The van der Waals surface area contributed by atoms with Crippen molar-refractivity contribution in [1.29, 1.82) is 0 Å². The number of aromatic nitrogens is 2. The first-order valence-electron chi connectivity index (χ1n) is 10.6. The third kappa shape index (κ3) is 3.20. The van der Waals surface area contributed by atoms with Crippen molar-refractivity contribution in [3.63, 3.8) is 0 Å². The van der Waals surface area contributed by atoms with Crippen molar-refractivity contribution in [3.8, 4) is 0 Å². The maximum absolute atomic E-state index is 13.1. The molecule has 4 heterocycles. The van der Waals surface area contributed by atoms with Crippen molar-refractivity contribution >= 4 is 45.2 Å². The molecule has 1 N–H and O–H groups in total. The van der Waals surface area contributed by atoms with E-state index in [1.165, 1.54) is 16.0 Å². The van der Waals surface area contributed by atoms with E-state index in [9.17, 15) is 9.59 Å². The second-order valence-corrected chi connectivity index (χ2v) is 9.05. The van der Waals surface area contributed by atoms with Crippen LogP contribution in [0, 0.1) is 0 Å². The SMILES string of the molecule is CN1Cc2cc(Nn3c(=O)nc(N4N=CCC4c4ccccc4)c4sccc43)ccc2C1=O. The van der Waals surface area contributed by atoms with E-state index in [4.69, 9.17) is 0 Å². The summed E-state index contributed by atoms with van der Waals surface area (Å²) in [6.45, 7) is 0.553. The smallest absolute Gasteiger partial charge is 0.337 e. The summed E-state index contributed by atoms with van der Waals surface area (Å²) in [5.74, 6) is 0.575. The molecule has 1 amide bonds.